The molecule has 2 aromatic rings. The lowest BCUT2D eigenvalue weighted by Crippen LogP contribution is -2.37. The molecule has 1 aromatic heterocycles. The number of ether oxygens (including phenoxy) is 1. The van der Waals surface area contributed by atoms with E-state index in [1.165, 1.54) is 0 Å². The number of aromatic nitrogens is 2. The van der Waals surface area contributed by atoms with Crippen LogP contribution in [0.2, 0.25) is 0 Å². The molecule has 4 rings (SSSR count). The van der Waals surface area contributed by atoms with Crippen LogP contribution in [-0.2, 0) is 14.3 Å². The van der Waals surface area contributed by atoms with Crippen LogP contribution in [0.15, 0.2) is 29.1 Å². The minimum atomic E-state index is -0.976. The smallest absolute Gasteiger partial charge is 0.338 e. The molecule has 1 atom stereocenters. The average molecular weight is 453 g/mol. The first kappa shape index (κ1) is 22.5. The van der Waals surface area contributed by atoms with E-state index in [0.29, 0.717) is 23.8 Å². The Morgan fingerprint density at radius 1 is 1.18 bits per heavy atom. The summed E-state index contributed by atoms with van der Waals surface area (Å²) in [7, 11) is 0. The molecular weight excluding hydrogens is 426 g/mol. The molecule has 2 aliphatic heterocycles. The Kier molecular flexibility index (Phi) is 6.71. The van der Waals surface area contributed by atoms with Crippen LogP contribution in [0, 0.1) is 0 Å². The number of carbonyl (C=O) groups excluding carboxylic acids is 3. The largest absolute Gasteiger partial charge is 0.462 e. The molecule has 0 bridgehead atoms. The van der Waals surface area contributed by atoms with Crippen molar-refractivity contribution in [2.24, 2.45) is 0 Å². The summed E-state index contributed by atoms with van der Waals surface area (Å²) in [5.74, 6) is -1.74. The third-order valence-electron chi connectivity index (χ3n) is 5.78. The van der Waals surface area contributed by atoms with Gasteiger partial charge in [0.15, 0.2) is 0 Å². The van der Waals surface area contributed by atoms with Gasteiger partial charge < -0.3 is 20.3 Å². The van der Waals surface area contributed by atoms with Gasteiger partial charge >= 0.3 is 5.97 Å². The Balaban J connectivity index is 1.49. The van der Waals surface area contributed by atoms with E-state index >= 15 is 0 Å². The second kappa shape index (κ2) is 9.85. The van der Waals surface area contributed by atoms with Crippen molar-refractivity contribution in [2.75, 3.05) is 35.2 Å². The summed E-state index contributed by atoms with van der Waals surface area (Å²) in [4.78, 5) is 59.2. The molecule has 1 fully saturated rings. The van der Waals surface area contributed by atoms with Crippen LogP contribution < -0.4 is 21.1 Å². The van der Waals surface area contributed by atoms with Gasteiger partial charge in [-0.05, 0) is 43.5 Å². The Bertz CT molecular complexity index is 1110. The number of unbranched alkanes of at least 4 members (excludes halogenated alkanes) is 1. The van der Waals surface area contributed by atoms with Gasteiger partial charge in [-0.3, -0.25) is 19.4 Å². The minimum absolute atomic E-state index is 0.127. The van der Waals surface area contributed by atoms with E-state index < -0.39 is 23.4 Å². The first-order valence-corrected chi connectivity index (χ1v) is 11.2. The van der Waals surface area contributed by atoms with Gasteiger partial charge in [-0.1, -0.05) is 13.3 Å². The number of aromatic amines is 1. The number of nitrogens with one attached hydrogen (secondary N) is 3. The highest BCUT2D eigenvalue weighted by atomic mass is 16.5. The van der Waals surface area contributed by atoms with Crippen LogP contribution >= 0.6 is 0 Å². The molecule has 0 spiro atoms. The van der Waals surface area contributed by atoms with Crippen LogP contribution in [-0.4, -0.2) is 47.4 Å². The maximum atomic E-state index is 13.0. The van der Waals surface area contributed by atoms with Crippen LogP contribution in [0.5, 0.6) is 0 Å². The third-order valence-corrected chi connectivity index (χ3v) is 5.78. The summed E-state index contributed by atoms with van der Waals surface area (Å²) in [5.41, 5.74) is 0.524. The number of H-pyrrole nitrogens is 1. The van der Waals surface area contributed by atoms with Gasteiger partial charge in [-0.2, -0.15) is 4.98 Å². The summed E-state index contributed by atoms with van der Waals surface area (Å²) in [6, 6.07) is 6.28. The Morgan fingerprint density at radius 2 is 1.91 bits per heavy atom. The molecule has 2 amide bonds. The lowest BCUT2D eigenvalue weighted by atomic mass is 9.92. The molecule has 33 heavy (non-hydrogen) atoms. The molecule has 174 valence electrons. The highest BCUT2D eigenvalue weighted by Crippen LogP contribution is 2.30. The van der Waals surface area contributed by atoms with Crippen molar-refractivity contribution in [1.82, 2.24) is 9.97 Å². The van der Waals surface area contributed by atoms with E-state index in [-0.39, 0.29) is 23.7 Å². The van der Waals surface area contributed by atoms with Gasteiger partial charge in [0.05, 0.1) is 23.7 Å². The zero-order valence-electron chi connectivity index (χ0n) is 18.5. The van der Waals surface area contributed by atoms with Crippen molar-refractivity contribution < 1.29 is 19.1 Å². The number of benzene rings is 1. The van der Waals surface area contributed by atoms with Crippen LogP contribution in [0.4, 0.5) is 17.5 Å². The van der Waals surface area contributed by atoms with Gasteiger partial charge in [0.2, 0.25) is 17.8 Å². The Hall–Kier alpha value is -3.69. The molecule has 3 N–H and O–H groups in total. The molecule has 0 aliphatic carbocycles. The van der Waals surface area contributed by atoms with E-state index in [9.17, 15) is 19.2 Å². The number of hydrogen-bond acceptors (Lipinski definition) is 7. The van der Waals surface area contributed by atoms with Gasteiger partial charge in [-0.25, -0.2) is 4.79 Å². The number of fused-ring (bicyclic) bond motifs is 1. The number of carbonyl (C=O) groups is 3. The van der Waals surface area contributed by atoms with Crippen molar-refractivity contribution in [3.05, 3.63) is 45.7 Å². The highest BCUT2D eigenvalue weighted by Gasteiger charge is 2.35. The van der Waals surface area contributed by atoms with Crippen LogP contribution in [0.25, 0.3) is 0 Å². The van der Waals surface area contributed by atoms with E-state index in [1.54, 1.807) is 24.3 Å². The lowest BCUT2D eigenvalue weighted by Gasteiger charge is -2.25. The molecule has 1 aromatic carbocycles. The van der Waals surface area contributed by atoms with Crippen LogP contribution in [0.3, 0.4) is 0 Å². The van der Waals surface area contributed by atoms with Gasteiger partial charge in [0, 0.05) is 25.2 Å². The zero-order valence-corrected chi connectivity index (χ0v) is 18.5. The van der Waals surface area contributed by atoms with E-state index in [1.807, 2.05) is 11.8 Å². The fourth-order valence-electron chi connectivity index (χ4n) is 3.97. The second-order valence-electron chi connectivity index (χ2n) is 8.21. The number of esters is 1. The second-order valence-corrected chi connectivity index (χ2v) is 8.21. The summed E-state index contributed by atoms with van der Waals surface area (Å²) >= 11 is 0. The molecule has 10 heteroatoms. The summed E-state index contributed by atoms with van der Waals surface area (Å²) < 4.78 is 5.18. The fourth-order valence-corrected chi connectivity index (χ4v) is 3.97. The maximum Gasteiger partial charge on any atom is 0.338 e. The molecule has 3 heterocycles. The topological polar surface area (TPSA) is 133 Å². The summed E-state index contributed by atoms with van der Waals surface area (Å²) in [6.07, 6.45) is 3.58. The Morgan fingerprint density at radius 3 is 2.61 bits per heavy atom. The predicted molar refractivity (Wildman–Crippen MR) is 123 cm³/mol. The quantitative estimate of drug-likeness (QED) is 0.433. The molecule has 1 saturated heterocycles. The lowest BCUT2D eigenvalue weighted by molar-refractivity contribution is -0.123. The van der Waals surface area contributed by atoms with Crippen molar-refractivity contribution in [3.8, 4) is 0 Å². The maximum absolute atomic E-state index is 13.0. The summed E-state index contributed by atoms with van der Waals surface area (Å²) in [6.45, 7) is 3.93. The van der Waals surface area contributed by atoms with Crippen molar-refractivity contribution in [2.45, 2.75) is 44.9 Å². The first-order valence-electron chi connectivity index (χ1n) is 11.2. The van der Waals surface area contributed by atoms with Crippen LogP contribution in [0.1, 0.15) is 60.9 Å². The molecule has 10 nitrogen and oxygen atoms in total. The van der Waals surface area contributed by atoms with Crippen molar-refractivity contribution in [3.63, 3.8) is 0 Å². The van der Waals surface area contributed by atoms with Gasteiger partial charge in [-0.15, -0.1) is 0 Å². The molecule has 1 unspecified atom stereocenters. The third kappa shape index (κ3) is 5.05. The molecule has 0 saturated carbocycles. The number of nitrogens with zero attached hydrogens (tertiary/aromatic N) is 2. The monoisotopic (exact) mass is 453 g/mol. The van der Waals surface area contributed by atoms with Crippen molar-refractivity contribution in [1.29, 1.82) is 0 Å². The number of amides is 2. The minimum Gasteiger partial charge on any atom is -0.462 e. The molecule has 2 aliphatic rings. The molecular formula is C23H27N5O5. The van der Waals surface area contributed by atoms with Gasteiger partial charge in [0.1, 0.15) is 5.82 Å². The SMILES string of the molecule is CCCCOC(=O)c1ccc(NC(=O)C2CC(=O)Nc3nc(N4CCCC4)[nH]c(=O)c32)cc1. The summed E-state index contributed by atoms with van der Waals surface area (Å²) in [5, 5.41) is 5.35. The fraction of sp³-hybridized carbons (Fsp3) is 0.435. The van der Waals surface area contributed by atoms with Gasteiger partial charge in [0.25, 0.3) is 5.56 Å². The number of hydrogen-bond donors (Lipinski definition) is 3. The predicted octanol–water partition coefficient (Wildman–Crippen LogP) is 2.39. The molecule has 0 radical (unpaired) electrons. The first-order chi connectivity index (χ1) is 16.0. The normalized spacial score (nSPS) is 17.3. The van der Waals surface area contributed by atoms with E-state index in [2.05, 4.69) is 20.6 Å². The standard InChI is InChI=1S/C23H27N5O5/c1-2-3-12-33-22(32)14-6-8-15(9-7-14)24-20(30)16-13-17(29)25-19-18(16)21(31)27-23(26-19)28-10-4-5-11-28/h6-9,16H,2-5,10-13H2,1H3,(H,24,30)(H2,25,26,27,29,31). The highest BCUT2D eigenvalue weighted by molar-refractivity contribution is 6.04. The van der Waals surface area contributed by atoms with E-state index in [0.717, 1.165) is 38.8 Å². The number of anilines is 3. The van der Waals surface area contributed by atoms with Crippen molar-refractivity contribution >= 4 is 35.2 Å². The van der Waals surface area contributed by atoms with E-state index in [4.69, 9.17) is 4.74 Å². The average Bonchev–Trinajstić information content (AvgIpc) is 3.34. The zero-order chi connectivity index (χ0) is 23.4. The number of rotatable bonds is 7. The Labute approximate surface area is 190 Å².